The first-order valence-electron chi connectivity index (χ1n) is 5.23. The summed E-state index contributed by atoms with van der Waals surface area (Å²) in [4.78, 5) is 0.189. The quantitative estimate of drug-likeness (QED) is 0.870. The lowest BCUT2D eigenvalue weighted by Crippen LogP contribution is -2.48. The van der Waals surface area contributed by atoms with E-state index in [-0.39, 0.29) is 11.5 Å². The van der Waals surface area contributed by atoms with E-state index in [0.29, 0.717) is 6.42 Å². The molecule has 96 valence electrons. The number of sulfonamides is 1. The first-order chi connectivity index (χ1) is 7.83. The largest absolute Gasteiger partial charge is 0.394 e. The van der Waals surface area contributed by atoms with Gasteiger partial charge in [0.2, 0.25) is 10.0 Å². The second-order valence-electron chi connectivity index (χ2n) is 4.13. The Kier molecular flexibility index (Phi) is 4.71. The highest BCUT2D eigenvalue weighted by Gasteiger charge is 2.28. The lowest BCUT2D eigenvalue weighted by atomic mass is 10.0. The molecule has 1 atom stereocenters. The highest BCUT2D eigenvalue weighted by molar-refractivity contribution is 9.10. The Morgan fingerprint density at radius 2 is 1.88 bits per heavy atom. The third kappa shape index (κ3) is 3.77. The van der Waals surface area contributed by atoms with Crippen molar-refractivity contribution in [2.24, 2.45) is 0 Å². The van der Waals surface area contributed by atoms with E-state index in [0.717, 1.165) is 4.47 Å². The van der Waals surface area contributed by atoms with Crippen molar-refractivity contribution in [3.63, 3.8) is 0 Å². The minimum absolute atomic E-state index is 0.189. The first-order valence-corrected chi connectivity index (χ1v) is 7.51. The summed E-state index contributed by atoms with van der Waals surface area (Å²) in [6, 6.07) is 6.35. The molecule has 1 aromatic rings. The predicted octanol–water partition coefficient (Wildman–Crippen LogP) is 1.89. The van der Waals surface area contributed by atoms with Gasteiger partial charge >= 0.3 is 0 Å². The van der Waals surface area contributed by atoms with Crippen molar-refractivity contribution in [3.05, 3.63) is 28.7 Å². The van der Waals surface area contributed by atoms with Gasteiger partial charge in [0.25, 0.3) is 0 Å². The molecule has 6 heteroatoms. The molecule has 17 heavy (non-hydrogen) atoms. The standard InChI is InChI=1S/C11H16BrNO3S/c1-3-11(2,8-14)13-17(15,16)10-6-4-9(12)5-7-10/h4-7,13-14H,3,8H2,1-2H3. The van der Waals surface area contributed by atoms with Crippen molar-refractivity contribution in [1.29, 1.82) is 0 Å². The molecule has 0 amide bonds. The van der Waals surface area contributed by atoms with E-state index in [1.54, 1.807) is 19.1 Å². The van der Waals surface area contributed by atoms with Crippen molar-refractivity contribution in [1.82, 2.24) is 4.72 Å². The zero-order valence-electron chi connectivity index (χ0n) is 9.77. The summed E-state index contributed by atoms with van der Waals surface area (Å²) in [5.74, 6) is 0. The van der Waals surface area contributed by atoms with E-state index in [2.05, 4.69) is 20.7 Å². The van der Waals surface area contributed by atoms with Crippen LogP contribution in [0, 0.1) is 0 Å². The van der Waals surface area contributed by atoms with Gasteiger partial charge in [-0.2, -0.15) is 0 Å². The van der Waals surface area contributed by atoms with E-state index < -0.39 is 15.6 Å². The maximum atomic E-state index is 12.0. The van der Waals surface area contributed by atoms with Gasteiger partial charge in [-0.3, -0.25) is 0 Å². The Hall–Kier alpha value is -0.430. The summed E-state index contributed by atoms with van der Waals surface area (Å²) in [7, 11) is -3.59. The van der Waals surface area contributed by atoms with E-state index in [4.69, 9.17) is 0 Å². The van der Waals surface area contributed by atoms with E-state index >= 15 is 0 Å². The van der Waals surface area contributed by atoms with Crippen molar-refractivity contribution in [3.8, 4) is 0 Å². The van der Waals surface area contributed by atoms with Crippen LogP contribution >= 0.6 is 15.9 Å². The summed E-state index contributed by atoms with van der Waals surface area (Å²) in [5.41, 5.74) is -0.827. The Bertz CT molecular complexity index is 466. The molecule has 0 aliphatic rings. The maximum Gasteiger partial charge on any atom is 0.241 e. The molecule has 0 aliphatic heterocycles. The summed E-state index contributed by atoms with van der Waals surface area (Å²) < 4.78 is 27.4. The van der Waals surface area contributed by atoms with Crippen molar-refractivity contribution in [2.75, 3.05) is 6.61 Å². The van der Waals surface area contributed by atoms with Gasteiger partial charge in [0.05, 0.1) is 17.0 Å². The fourth-order valence-electron chi connectivity index (χ4n) is 1.21. The van der Waals surface area contributed by atoms with Crippen molar-refractivity contribution < 1.29 is 13.5 Å². The summed E-state index contributed by atoms with van der Waals surface area (Å²) in [6.45, 7) is 3.25. The highest BCUT2D eigenvalue weighted by Crippen LogP contribution is 2.18. The number of aliphatic hydroxyl groups is 1. The normalized spacial score (nSPS) is 15.5. The van der Waals surface area contributed by atoms with Crippen LogP contribution < -0.4 is 4.72 Å². The fourth-order valence-corrected chi connectivity index (χ4v) is 2.95. The Balaban J connectivity index is 3.00. The average Bonchev–Trinajstić information content (AvgIpc) is 2.29. The van der Waals surface area contributed by atoms with Gasteiger partial charge in [-0.05, 0) is 37.6 Å². The molecule has 0 spiro atoms. The van der Waals surface area contributed by atoms with Crippen LogP contribution in [-0.2, 0) is 10.0 Å². The smallest absolute Gasteiger partial charge is 0.241 e. The van der Waals surface area contributed by atoms with Gasteiger partial charge in [0.15, 0.2) is 0 Å². The van der Waals surface area contributed by atoms with Crippen LogP contribution in [0.5, 0.6) is 0 Å². The van der Waals surface area contributed by atoms with E-state index in [1.807, 2.05) is 6.92 Å². The lowest BCUT2D eigenvalue weighted by Gasteiger charge is -2.26. The van der Waals surface area contributed by atoms with Crippen LogP contribution in [0.3, 0.4) is 0 Å². The zero-order valence-corrected chi connectivity index (χ0v) is 12.2. The molecule has 0 bridgehead atoms. The SMILES string of the molecule is CCC(C)(CO)NS(=O)(=O)c1ccc(Br)cc1. The molecular formula is C11H16BrNO3S. The Labute approximate surface area is 110 Å². The molecule has 1 rings (SSSR count). The third-order valence-corrected chi connectivity index (χ3v) is 4.82. The van der Waals surface area contributed by atoms with Crippen LogP contribution in [-0.4, -0.2) is 25.7 Å². The van der Waals surface area contributed by atoms with Crippen molar-refractivity contribution in [2.45, 2.75) is 30.7 Å². The van der Waals surface area contributed by atoms with E-state index in [1.165, 1.54) is 12.1 Å². The topological polar surface area (TPSA) is 66.4 Å². The lowest BCUT2D eigenvalue weighted by molar-refractivity contribution is 0.191. The molecule has 0 saturated carbocycles. The molecule has 1 aromatic carbocycles. The molecule has 4 nitrogen and oxygen atoms in total. The monoisotopic (exact) mass is 321 g/mol. The molecule has 2 N–H and O–H groups in total. The van der Waals surface area contributed by atoms with Crippen LogP contribution in [0.15, 0.2) is 33.6 Å². The van der Waals surface area contributed by atoms with Gasteiger partial charge in [0, 0.05) is 4.47 Å². The summed E-state index contributed by atoms with van der Waals surface area (Å²) in [6.07, 6.45) is 0.513. The van der Waals surface area contributed by atoms with Gasteiger partial charge in [-0.25, -0.2) is 13.1 Å². The predicted molar refractivity (Wildman–Crippen MR) is 70.2 cm³/mol. The van der Waals surface area contributed by atoms with Gasteiger partial charge < -0.3 is 5.11 Å². The number of benzene rings is 1. The molecule has 0 heterocycles. The molecule has 0 aromatic heterocycles. The van der Waals surface area contributed by atoms with Crippen molar-refractivity contribution >= 4 is 26.0 Å². The number of hydrogen-bond acceptors (Lipinski definition) is 3. The molecule has 0 radical (unpaired) electrons. The van der Waals surface area contributed by atoms with Crippen LogP contribution in [0.4, 0.5) is 0 Å². The van der Waals surface area contributed by atoms with Crippen LogP contribution in [0.2, 0.25) is 0 Å². The fraction of sp³-hybridized carbons (Fsp3) is 0.455. The number of hydrogen-bond donors (Lipinski definition) is 2. The zero-order chi connectivity index (χ0) is 13.1. The van der Waals surface area contributed by atoms with E-state index in [9.17, 15) is 13.5 Å². The minimum atomic E-state index is -3.59. The van der Waals surface area contributed by atoms with Crippen LogP contribution in [0.1, 0.15) is 20.3 Å². The minimum Gasteiger partial charge on any atom is -0.394 e. The summed E-state index contributed by atoms with van der Waals surface area (Å²) in [5, 5.41) is 9.21. The van der Waals surface area contributed by atoms with Gasteiger partial charge in [0.1, 0.15) is 0 Å². The Morgan fingerprint density at radius 3 is 2.29 bits per heavy atom. The number of nitrogens with one attached hydrogen (secondary N) is 1. The average molecular weight is 322 g/mol. The molecule has 0 aliphatic carbocycles. The molecule has 0 saturated heterocycles. The summed E-state index contributed by atoms with van der Waals surface area (Å²) >= 11 is 3.25. The van der Waals surface area contributed by atoms with Gasteiger partial charge in [-0.15, -0.1) is 0 Å². The second kappa shape index (κ2) is 5.48. The second-order valence-corrected chi connectivity index (χ2v) is 6.73. The molecule has 1 unspecified atom stereocenters. The van der Waals surface area contributed by atoms with Crippen LogP contribution in [0.25, 0.3) is 0 Å². The Morgan fingerprint density at radius 1 is 1.35 bits per heavy atom. The maximum absolute atomic E-state index is 12.0. The number of aliphatic hydroxyl groups excluding tert-OH is 1. The number of halogens is 1. The molecule has 0 fully saturated rings. The first kappa shape index (κ1) is 14.6. The highest BCUT2D eigenvalue weighted by atomic mass is 79.9. The third-order valence-electron chi connectivity index (χ3n) is 2.63. The molecular weight excluding hydrogens is 306 g/mol. The van der Waals surface area contributed by atoms with Gasteiger partial charge in [-0.1, -0.05) is 22.9 Å². The number of rotatable bonds is 5.